The predicted octanol–water partition coefficient (Wildman–Crippen LogP) is 3.66. The summed E-state index contributed by atoms with van der Waals surface area (Å²) in [4.78, 5) is 15.6. The van der Waals surface area contributed by atoms with Crippen molar-refractivity contribution in [2.75, 3.05) is 5.32 Å². The molecule has 0 fully saturated rings. The Bertz CT molecular complexity index is 1010. The first-order chi connectivity index (χ1) is 11.8. The minimum Gasteiger partial charge on any atom is -0.313 e. The van der Waals surface area contributed by atoms with E-state index in [4.69, 9.17) is 0 Å². The van der Waals surface area contributed by atoms with Crippen molar-refractivity contribution in [2.24, 2.45) is 0 Å². The molecule has 4 rings (SSSR count). The normalized spacial score (nSPS) is 10.7. The van der Waals surface area contributed by atoms with E-state index >= 15 is 0 Å². The predicted molar refractivity (Wildman–Crippen MR) is 94.0 cm³/mol. The molecule has 2 aromatic heterocycles. The highest BCUT2D eigenvalue weighted by molar-refractivity contribution is 5.80. The molecule has 0 bridgehead atoms. The lowest BCUT2D eigenvalue weighted by molar-refractivity contribution is -0.105. The van der Waals surface area contributed by atoms with Crippen LogP contribution in [0.5, 0.6) is 0 Å². The Morgan fingerprint density at radius 2 is 1.71 bits per heavy atom. The second-order valence-corrected chi connectivity index (χ2v) is 5.32. The zero-order valence-electron chi connectivity index (χ0n) is 12.8. The van der Waals surface area contributed by atoms with E-state index in [1.54, 1.807) is 4.68 Å². The van der Waals surface area contributed by atoms with Gasteiger partial charge < -0.3 is 5.32 Å². The molecule has 0 unspecified atom stereocenters. The number of hydrogen-bond acceptors (Lipinski definition) is 3. The summed E-state index contributed by atoms with van der Waals surface area (Å²) in [5.74, 6) is 1.23. The number of nitrogens with zero attached hydrogens (tertiary/aromatic N) is 3. The number of carbonyl (C=O) groups is 1. The molecule has 5 heteroatoms. The van der Waals surface area contributed by atoms with Crippen LogP contribution in [0.1, 0.15) is 0 Å². The van der Waals surface area contributed by atoms with Crippen molar-refractivity contribution < 1.29 is 4.79 Å². The molecule has 0 atom stereocenters. The van der Waals surface area contributed by atoms with Gasteiger partial charge in [0.2, 0.25) is 6.41 Å². The number of amides is 1. The number of fused-ring (bicyclic) bond motifs is 1. The Labute approximate surface area is 138 Å². The summed E-state index contributed by atoms with van der Waals surface area (Å²) in [5.41, 5.74) is 2.63. The Morgan fingerprint density at radius 1 is 0.917 bits per heavy atom. The lowest BCUT2D eigenvalue weighted by Crippen LogP contribution is -2.06. The Morgan fingerprint density at radius 3 is 2.54 bits per heavy atom. The number of rotatable bonds is 4. The quantitative estimate of drug-likeness (QED) is 0.585. The van der Waals surface area contributed by atoms with E-state index in [0.29, 0.717) is 18.0 Å². The molecule has 5 nitrogen and oxygen atoms in total. The standard InChI is InChI=1S/C19H14N4O/c24-13-20-19-12-17(14-6-2-1-3-7-14)22-23(19)18-11-10-15-8-4-5-9-16(15)21-18/h1-13H,(H,20,24). The van der Waals surface area contributed by atoms with E-state index in [9.17, 15) is 4.79 Å². The summed E-state index contributed by atoms with van der Waals surface area (Å²) in [6.07, 6.45) is 0.642. The summed E-state index contributed by atoms with van der Waals surface area (Å²) < 4.78 is 1.64. The molecule has 24 heavy (non-hydrogen) atoms. The zero-order chi connectivity index (χ0) is 16.4. The van der Waals surface area contributed by atoms with Gasteiger partial charge in [0.15, 0.2) is 5.82 Å². The Balaban J connectivity index is 1.86. The van der Waals surface area contributed by atoms with Crippen LogP contribution < -0.4 is 5.32 Å². The van der Waals surface area contributed by atoms with Crippen molar-refractivity contribution in [2.45, 2.75) is 0 Å². The molecule has 0 spiro atoms. The molecule has 0 aliphatic rings. The lowest BCUT2D eigenvalue weighted by Gasteiger charge is -2.06. The third-order valence-electron chi connectivity index (χ3n) is 3.79. The number of nitrogens with one attached hydrogen (secondary N) is 1. The van der Waals surface area contributed by atoms with Gasteiger partial charge in [0, 0.05) is 17.0 Å². The molecule has 2 aromatic carbocycles. The largest absolute Gasteiger partial charge is 0.313 e. The van der Waals surface area contributed by atoms with Crippen molar-refractivity contribution in [3.05, 3.63) is 72.8 Å². The van der Waals surface area contributed by atoms with Crippen LogP contribution in [0.25, 0.3) is 28.0 Å². The fourth-order valence-corrected chi connectivity index (χ4v) is 2.64. The van der Waals surface area contributed by atoms with Gasteiger partial charge in [0.1, 0.15) is 5.82 Å². The van der Waals surface area contributed by atoms with Crippen LogP contribution in [0.2, 0.25) is 0 Å². The molecular formula is C19H14N4O. The molecule has 0 aliphatic heterocycles. The van der Waals surface area contributed by atoms with E-state index in [1.807, 2.05) is 72.8 Å². The van der Waals surface area contributed by atoms with Crippen LogP contribution >= 0.6 is 0 Å². The molecule has 0 saturated heterocycles. The van der Waals surface area contributed by atoms with Crippen LogP contribution in [-0.4, -0.2) is 21.2 Å². The van der Waals surface area contributed by atoms with E-state index in [1.165, 1.54) is 0 Å². The van der Waals surface area contributed by atoms with Crippen LogP contribution in [0.4, 0.5) is 5.82 Å². The van der Waals surface area contributed by atoms with E-state index < -0.39 is 0 Å². The van der Waals surface area contributed by atoms with E-state index in [0.717, 1.165) is 22.2 Å². The third-order valence-corrected chi connectivity index (χ3v) is 3.79. The van der Waals surface area contributed by atoms with Gasteiger partial charge >= 0.3 is 0 Å². The van der Waals surface area contributed by atoms with Gasteiger partial charge in [-0.25, -0.2) is 4.98 Å². The first-order valence-electron chi connectivity index (χ1n) is 7.57. The smallest absolute Gasteiger partial charge is 0.212 e. The maximum absolute atomic E-state index is 10.9. The van der Waals surface area contributed by atoms with Gasteiger partial charge in [-0.2, -0.15) is 9.78 Å². The fraction of sp³-hybridized carbons (Fsp3) is 0. The van der Waals surface area contributed by atoms with Crippen LogP contribution in [-0.2, 0) is 4.79 Å². The van der Waals surface area contributed by atoms with Gasteiger partial charge in [0.05, 0.1) is 11.2 Å². The third kappa shape index (κ3) is 2.52. The monoisotopic (exact) mass is 314 g/mol. The first-order valence-corrected chi connectivity index (χ1v) is 7.57. The van der Waals surface area contributed by atoms with Gasteiger partial charge in [-0.15, -0.1) is 0 Å². The van der Waals surface area contributed by atoms with E-state index in [2.05, 4.69) is 15.4 Å². The zero-order valence-corrected chi connectivity index (χ0v) is 12.8. The van der Waals surface area contributed by atoms with Crippen LogP contribution in [0.3, 0.4) is 0 Å². The van der Waals surface area contributed by atoms with Crippen LogP contribution in [0, 0.1) is 0 Å². The SMILES string of the molecule is O=CNc1cc(-c2ccccc2)nn1-c1ccc2ccccc2n1. The van der Waals surface area contributed by atoms with Crippen molar-refractivity contribution >= 4 is 23.1 Å². The summed E-state index contributed by atoms with van der Waals surface area (Å²) in [7, 11) is 0. The van der Waals surface area contributed by atoms with Gasteiger partial charge in [0.25, 0.3) is 0 Å². The van der Waals surface area contributed by atoms with Gasteiger partial charge in [-0.1, -0.05) is 48.5 Å². The minimum absolute atomic E-state index is 0.576. The maximum Gasteiger partial charge on any atom is 0.212 e. The molecule has 0 saturated carbocycles. The lowest BCUT2D eigenvalue weighted by atomic mass is 10.2. The number of pyridine rings is 1. The summed E-state index contributed by atoms with van der Waals surface area (Å²) >= 11 is 0. The van der Waals surface area contributed by atoms with Crippen molar-refractivity contribution in [3.8, 4) is 17.1 Å². The molecule has 4 aromatic rings. The number of para-hydroxylation sites is 1. The average molecular weight is 314 g/mol. The van der Waals surface area contributed by atoms with Gasteiger partial charge in [-0.3, -0.25) is 4.79 Å². The highest BCUT2D eigenvalue weighted by Crippen LogP contribution is 2.24. The molecule has 0 radical (unpaired) electrons. The summed E-state index contributed by atoms with van der Waals surface area (Å²) in [6, 6.07) is 23.4. The molecule has 116 valence electrons. The second kappa shape index (κ2) is 5.96. The Kier molecular flexibility index (Phi) is 3.51. The number of benzene rings is 2. The topological polar surface area (TPSA) is 59.8 Å². The Hall–Kier alpha value is -3.47. The number of hydrogen-bond donors (Lipinski definition) is 1. The maximum atomic E-state index is 10.9. The molecule has 0 aliphatic carbocycles. The van der Waals surface area contributed by atoms with Crippen molar-refractivity contribution in [3.63, 3.8) is 0 Å². The first kappa shape index (κ1) is 14.1. The summed E-state index contributed by atoms with van der Waals surface area (Å²) in [5, 5.41) is 8.36. The highest BCUT2D eigenvalue weighted by Gasteiger charge is 2.12. The van der Waals surface area contributed by atoms with Gasteiger partial charge in [-0.05, 0) is 18.2 Å². The number of carbonyl (C=O) groups excluding carboxylic acids is 1. The average Bonchev–Trinajstić information content (AvgIpc) is 3.06. The number of anilines is 1. The highest BCUT2D eigenvalue weighted by atomic mass is 16.1. The molecule has 1 N–H and O–H groups in total. The molecule has 1 amide bonds. The van der Waals surface area contributed by atoms with Crippen molar-refractivity contribution in [1.29, 1.82) is 0 Å². The van der Waals surface area contributed by atoms with E-state index in [-0.39, 0.29) is 0 Å². The molecular weight excluding hydrogens is 300 g/mol. The second-order valence-electron chi connectivity index (χ2n) is 5.32. The minimum atomic E-state index is 0.576. The molecule has 2 heterocycles. The van der Waals surface area contributed by atoms with Crippen molar-refractivity contribution in [1.82, 2.24) is 14.8 Å². The van der Waals surface area contributed by atoms with Crippen LogP contribution in [0.15, 0.2) is 72.8 Å². The summed E-state index contributed by atoms with van der Waals surface area (Å²) in [6.45, 7) is 0. The fourth-order valence-electron chi connectivity index (χ4n) is 2.64. The number of aromatic nitrogens is 3.